The van der Waals surface area contributed by atoms with E-state index in [4.69, 9.17) is 4.74 Å². The summed E-state index contributed by atoms with van der Waals surface area (Å²) in [5.74, 6) is 1.16. The van der Waals surface area contributed by atoms with Crippen molar-refractivity contribution in [3.63, 3.8) is 0 Å². The Labute approximate surface area is 153 Å². The first-order valence-corrected chi connectivity index (χ1v) is 9.32. The molecule has 1 unspecified atom stereocenters. The molecule has 3 atom stereocenters. The molecule has 1 saturated carbocycles. The lowest BCUT2D eigenvalue weighted by atomic mass is 9.93. The van der Waals surface area contributed by atoms with Gasteiger partial charge in [-0.15, -0.1) is 0 Å². The van der Waals surface area contributed by atoms with E-state index in [-0.39, 0.29) is 11.9 Å². The van der Waals surface area contributed by atoms with Crippen LogP contribution in [-0.4, -0.2) is 34.7 Å². The van der Waals surface area contributed by atoms with Crippen LogP contribution in [0.15, 0.2) is 30.5 Å². The number of aromatic nitrogens is 1. The second-order valence-corrected chi connectivity index (χ2v) is 8.64. The molecule has 1 aliphatic heterocycles. The van der Waals surface area contributed by atoms with Crippen LogP contribution in [0.3, 0.4) is 0 Å². The van der Waals surface area contributed by atoms with E-state index in [9.17, 15) is 9.18 Å². The Morgan fingerprint density at radius 3 is 2.54 bits per heavy atom. The van der Waals surface area contributed by atoms with Gasteiger partial charge in [0.05, 0.1) is 5.52 Å². The van der Waals surface area contributed by atoms with Gasteiger partial charge in [-0.2, -0.15) is 0 Å². The summed E-state index contributed by atoms with van der Waals surface area (Å²) in [5.41, 5.74) is 1.57. The van der Waals surface area contributed by atoms with Gasteiger partial charge in [0.25, 0.3) is 0 Å². The number of rotatable bonds is 1. The topological polar surface area (TPSA) is 42.4 Å². The minimum Gasteiger partial charge on any atom is -0.444 e. The van der Waals surface area contributed by atoms with Crippen LogP contribution in [0, 0.1) is 17.7 Å². The van der Waals surface area contributed by atoms with Gasteiger partial charge in [0.2, 0.25) is 0 Å². The molecule has 2 aromatic rings. The number of fused-ring (bicyclic) bond motifs is 2. The van der Waals surface area contributed by atoms with Gasteiger partial charge in [0.1, 0.15) is 11.4 Å². The lowest BCUT2D eigenvalue weighted by Crippen LogP contribution is -2.36. The van der Waals surface area contributed by atoms with Gasteiger partial charge in [-0.25, -0.2) is 9.18 Å². The van der Waals surface area contributed by atoms with Crippen LogP contribution >= 0.6 is 0 Å². The number of hydrogen-bond donors (Lipinski definition) is 0. The van der Waals surface area contributed by atoms with Gasteiger partial charge in [0, 0.05) is 24.7 Å². The van der Waals surface area contributed by atoms with E-state index in [0.29, 0.717) is 17.8 Å². The minimum atomic E-state index is -0.461. The lowest BCUT2D eigenvalue weighted by molar-refractivity contribution is 0.0279. The molecular weight excluding hydrogens is 331 g/mol. The molecule has 26 heavy (non-hydrogen) atoms. The van der Waals surface area contributed by atoms with Crippen molar-refractivity contribution >= 4 is 17.0 Å². The Morgan fingerprint density at radius 1 is 1.19 bits per heavy atom. The molecule has 0 N–H and O–H groups in total. The highest BCUT2D eigenvalue weighted by atomic mass is 19.1. The number of ether oxygens (including phenoxy) is 1. The Bertz CT molecular complexity index is 832. The molecule has 138 valence electrons. The van der Waals surface area contributed by atoms with Crippen LogP contribution in [-0.2, 0) is 4.74 Å². The second-order valence-electron chi connectivity index (χ2n) is 8.64. The Balaban J connectivity index is 1.49. The van der Waals surface area contributed by atoms with E-state index in [0.717, 1.165) is 36.8 Å². The summed E-state index contributed by atoms with van der Waals surface area (Å²) in [6, 6.07) is 6.83. The van der Waals surface area contributed by atoms with E-state index in [1.807, 2.05) is 37.9 Å². The number of hydrogen-bond acceptors (Lipinski definition) is 3. The molecule has 4 rings (SSSR count). The fourth-order valence-electron chi connectivity index (χ4n) is 4.53. The average molecular weight is 356 g/mol. The van der Waals surface area contributed by atoms with Crippen LogP contribution in [0.25, 0.3) is 10.9 Å². The molecule has 1 aliphatic carbocycles. The molecule has 1 aromatic carbocycles. The van der Waals surface area contributed by atoms with Crippen LogP contribution in [0.5, 0.6) is 0 Å². The van der Waals surface area contributed by atoms with Crippen molar-refractivity contribution in [2.24, 2.45) is 11.8 Å². The van der Waals surface area contributed by atoms with E-state index in [2.05, 4.69) is 4.98 Å². The van der Waals surface area contributed by atoms with Gasteiger partial charge >= 0.3 is 6.09 Å². The third-order valence-corrected chi connectivity index (χ3v) is 5.58. The SMILES string of the molecule is CC(C)(C)OC(=O)N1CC2C[C@@H](c3ccnc4ccc(F)cc34)C[C@H]2C1. The van der Waals surface area contributed by atoms with E-state index >= 15 is 0 Å². The smallest absolute Gasteiger partial charge is 0.410 e. The molecule has 1 amide bonds. The molecule has 5 heteroatoms. The molecule has 0 bridgehead atoms. The van der Waals surface area contributed by atoms with Crippen molar-refractivity contribution in [3.8, 4) is 0 Å². The number of benzene rings is 1. The highest BCUT2D eigenvalue weighted by Crippen LogP contribution is 2.47. The zero-order chi connectivity index (χ0) is 18.5. The molecule has 1 aromatic heterocycles. The number of amides is 1. The summed E-state index contributed by atoms with van der Waals surface area (Å²) in [5, 5.41) is 0.918. The standard InChI is InChI=1S/C21H25FN2O2/c1-21(2,3)26-20(25)24-11-14-8-13(9-15(14)12-24)17-6-7-23-19-5-4-16(22)10-18(17)19/h4-7,10,13-15H,8-9,11-12H2,1-3H3/t13-,14-,15?/m0/s1. The highest BCUT2D eigenvalue weighted by molar-refractivity contribution is 5.82. The van der Waals surface area contributed by atoms with Crippen molar-refractivity contribution in [2.45, 2.75) is 45.1 Å². The van der Waals surface area contributed by atoms with Gasteiger partial charge in [-0.1, -0.05) is 0 Å². The molecule has 4 nitrogen and oxygen atoms in total. The van der Waals surface area contributed by atoms with Gasteiger partial charge in [0.15, 0.2) is 0 Å². The lowest BCUT2D eigenvalue weighted by Gasteiger charge is -2.25. The molecule has 0 spiro atoms. The normalized spacial score (nSPS) is 25.5. The number of halogens is 1. The third-order valence-electron chi connectivity index (χ3n) is 5.58. The molecule has 1 saturated heterocycles. The number of carbonyl (C=O) groups excluding carboxylic acids is 1. The predicted octanol–water partition coefficient (Wildman–Crippen LogP) is 4.73. The number of nitrogens with zero attached hydrogens (tertiary/aromatic N) is 2. The zero-order valence-electron chi connectivity index (χ0n) is 15.5. The molecule has 2 aliphatic rings. The summed E-state index contributed by atoms with van der Waals surface area (Å²) in [7, 11) is 0. The molecule has 2 heterocycles. The molecule has 0 radical (unpaired) electrons. The van der Waals surface area contributed by atoms with Crippen molar-refractivity contribution in [2.75, 3.05) is 13.1 Å². The fourth-order valence-corrected chi connectivity index (χ4v) is 4.53. The fraction of sp³-hybridized carbons (Fsp3) is 0.524. The summed E-state index contributed by atoms with van der Waals surface area (Å²) in [6.07, 6.45) is 3.66. The van der Waals surface area contributed by atoms with Crippen LogP contribution in [0.4, 0.5) is 9.18 Å². The van der Waals surface area contributed by atoms with Gasteiger partial charge in [-0.05, 0) is 81.2 Å². The summed E-state index contributed by atoms with van der Waals surface area (Å²) < 4.78 is 19.2. The maximum Gasteiger partial charge on any atom is 0.410 e. The van der Waals surface area contributed by atoms with Crippen LogP contribution in [0.2, 0.25) is 0 Å². The first-order chi connectivity index (χ1) is 12.3. The number of likely N-dealkylation sites (tertiary alicyclic amines) is 1. The van der Waals surface area contributed by atoms with Gasteiger partial charge < -0.3 is 9.64 Å². The van der Waals surface area contributed by atoms with Crippen molar-refractivity contribution < 1.29 is 13.9 Å². The zero-order valence-corrected chi connectivity index (χ0v) is 15.5. The first-order valence-electron chi connectivity index (χ1n) is 9.32. The largest absolute Gasteiger partial charge is 0.444 e. The maximum absolute atomic E-state index is 13.7. The summed E-state index contributed by atoms with van der Waals surface area (Å²) in [6.45, 7) is 7.20. The second kappa shape index (κ2) is 6.22. The van der Waals surface area contributed by atoms with Crippen LogP contribution < -0.4 is 0 Å². The average Bonchev–Trinajstić information content (AvgIpc) is 3.11. The van der Waals surface area contributed by atoms with Crippen molar-refractivity contribution in [3.05, 3.63) is 41.8 Å². The number of carbonyl (C=O) groups is 1. The first kappa shape index (κ1) is 17.3. The van der Waals surface area contributed by atoms with Crippen LogP contribution in [0.1, 0.15) is 45.1 Å². The third kappa shape index (κ3) is 3.27. The van der Waals surface area contributed by atoms with E-state index in [1.54, 1.807) is 12.1 Å². The highest BCUT2D eigenvalue weighted by Gasteiger charge is 2.44. The minimum absolute atomic E-state index is 0.208. The predicted molar refractivity (Wildman–Crippen MR) is 98.5 cm³/mol. The van der Waals surface area contributed by atoms with E-state index < -0.39 is 5.60 Å². The van der Waals surface area contributed by atoms with Crippen molar-refractivity contribution in [1.82, 2.24) is 9.88 Å². The van der Waals surface area contributed by atoms with E-state index in [1.165, 1.54) is 11.6 Å². The Kier molecular flexibility index (Phi) is 4.13. The Morgan fingerprint density at radius 2 is 1.88 bits per heavy atom. The molecular formula is C21H25FN2O2. The number of pyridine rings is 1. The molecule has 2 fully saturated rings. The Hall–Kier alpha value is -2.17. The van der Waals surface area contributed by atoms with Gasteiger partial charge in [-0.3, -0.25) is 4.98 Å². The monoisotopic (exact) mass is 356 g/mol. The maximum atomic E-state index is 13.7. The summed E-state index contributed by atoms with van der Waals surface area (Å²) >= 11 is 0. The summed E-state index contributed by atoms with van der Waals surface area (Å²) in [4.78, 5) is 18.5. The quantitative estimate of drug-likeness (QED) is 0.741. The van der Waals surface area contributed by atoms with Crippen molar-refractivity contribution in [1.29, 1.82) is 0 Å².